The summed E-state index contributed by atoms with van der Waals surface area (Å²) >= 11 is 0. The van der Waals surface area contributed by atoms with Gasteiger partial charge in [0, 0.05) is 13.1 Å². The van der Waals surface area contributed by atoms with Crippen LogP contribution < -0.4 is 0 Å². The quantitative estimate of drug-likeness (QED) is 0.943. The van der Waals surface area contributed by atoms with E-state index in [0.717, 1.165) is 36.4 Å². The molecule has 3 unspecified atom stereocenters. The molecule has 0 aliphatic carbocycles. The molecule has 0 radical (unpaired) electrons. The zero-order valence-corrected chi connectivity index (χ0v) is 12.8. The number of aromatic amines is 1. The number of benzene rings is 1. The topological polar surface area (TPSA) is 41.2 Å². The Morgan fingerprint density at radius 1 is 1.38 bits per heavy atom. The summed E-state index contributed by atoms with van der Waals surface area (Å²) < 4.78 is 19.1. The predicted molar refractivity (Wildman–Crippen MR) is 80.7 cm³/mol. The summed E-state index contributed by atoms with van der Waals surface area (Å²) in [7, 11) is 0. The third-order valence-electron chi connectivity index (χ3n) is 4.05. The summed E-state index contributed by atoms with van der Waals surface area (Å²) in [5.74, 6) is 0.679. The van der Waals surface area contributed by atoms with E-state index in [1.807, 2.05) is 0 Å². The number of H-pyrrole nitrogens is 1. The molecule has 1 aromatic carbocycles. The second kappa shape index (κ2) is 5.73. The van der Waals surface area contributed by atoms with Gasteiger partial charge in [-0.1, -0.05) is 6.92 Å². The van der Waals surface area contributed by atoms with E-state index < -0.39 is 0 Å². The lowest BCUT2D eigenvalue weighted by Gasteiger charge is -2.39. The number of ether oxygens (including phenoxy) is 1. The highest BCUT2D eigenvalue weighted by molar-refractivity contribution is 5.75. The molecule has 0 spiro atoms. The monoisotopic (exact) mass is 291 g/mol. The van der Waals surface area contributed by atoms with Crippen molar-refractivity contribution in [3.05, 3.63) is 29.8 Å². The van der Waals surface area contributed by atoms with Gasteiger partial charge in [0.2, 0.25) is 0 Å². The van der Waals surface area contributed by atoms with Crippen LogP contribution in [0.5, 0.6) is 0 Å². The van der Waals surface area contributed by atoms with Crippen molar-refractivity contribution >= 4 is 11.0 Å². The van der Waals surface area contributed by atoms with Crippen molar-refractivity contribution in [3.8, 4) is 0 Å². The van der Waals surface area contributed by atoms with E-state index in [9.17, 15) is 4.39 Å². The highest BCUT2D eigenvalue weighted by Gasteiger charge is 2.29. The van der Waals surface area contributed by atoms with Crippen LogP contribution in [0.2, 0.25) is 0 Å². The van der Waals surface area contributed by atoms with Crippen molar-refractivity contribution in [1.82, 2.24) is 14.9 Å². The van der Waals surface area contributed by atoms with Crippen LogP contribution in [-0.4, -0.2) is 40.2 Å². The smallest absolute Gasteiger partial charge is 0.125 e. The van der Waals surface area contributed by atoms with Crippen molar-refractivity contribution in [2.45, 2.75) is 45.4 Å². The number of aromatic nitrogens is 2. The fraction of sp³-hybridized carbons (Fsp3) is 0.562. The molecule has 2 heterocycles. The van der Waals surface area contributed by atoms with Crippen molar-refractivity contribution < 1.29 is 9.13 Å². The van der Waals surface area contributed by atoms with E-state index in [1.165, 1.54) is 12.1 Å². The largest absolute Gasteiger partial charge is 0.373 e. The van der Waals surface area contributed by atoms with Gasteiger partial charge >= 0.3 is 0 Å². The maximum absolute atomic E-state index is 13.3. The number of fused-ring (bicyclic) bond motifs is 1. The Morgan fingerprint density at radius 3 is 2.76 bits per heavy atom. The third-order valence-corrected chi connectivity index (χ3v) is 4.05. The standard InChI is InChI=1S/C16H22FN3O/c1-4-15(20-8-10(2)21-11(3)9-20)16-18-13-6-5-12(17)7-14(13)19-16/h5-7,10-11,15H,4,8-9H2,1-3H3,(H,18,19). The van der Waals surface area contributed by atoms with Crippen molar-refractivity contribution in [1.29, 1.82) is 0 Å². The van der Waals surface area contributed by atoms with Crippen LogP contribution in [0.1, 0.15) is 39.1 Å². The first kappa shape index (κ1) is 14.5. The van der Waals surface area contributed by atoms with Gasteiger partial charge in [0.25, 0.3) is 0 Å². The van der Waals surface area contributed by atoms with Gasteiger partial charge in [-0.3, -0.25) is 4.90 Å². The Hall–Kier alpha value is -1.46. The van der Waals surface area contributed by atoms with E-state index >= 15 is 0 Å². The van der Waals surface area contributed by atoms with Gasteiger partial charge in [0.1, 0.15) is 11.6 Å². The number of imidazole rings is 1. The molecule has 0 amide bonds. The molecular formula is C16H22FN3O. The molecule has 1 aromatic heterocycles. The molecule has 0 bridgehead atoms. The maximum atomic E-state index is 13.3. The molecule has 1 N–H and O–H groups in total. The van der Waals surface area contributed by atoms with Gasteiger partial charge in [-0.2, -0.15) is 0 Å². The third kappa shape index (κ3) is 2.94. The molecule has 1 fully saturated rings. The fourth-order valence-electron chi connectivity index (χ4n) is 3.26. The summed E-state index contributed by atoms with van der Waals surface area (Å²) in [6, 6.07) is 4.90. The van der Waals surface area contributed by atoms with Crippen LogP contribution in [0.4, 0.5) is 4.39 Å². The summed E-state index contributed by atoms with van der Waals surface area (Å²) in [5, 5.41) is 0. The average Bonchev–Trinajstić information content (AvgIpc) is 2.81. The van der Waals surface area contributed by atoms with Crippen LogP contribution in [0, 0.1) is 5.82 Å². The molecular weight excluding hydrogens is 269 g/mol. The Morgan fingerprint density at radius 2 is 2.10 bits per heavy atom. The van der Waals surface area contributed by atoms with Crippen LogP contribution in [0.15, 0.2) is 18.2 Å². The van der Waals surface area contributed by atoms with Crippen LogP contribution in [0.3, 0.4) is 0 Å². The molecule has 2 aromatic rings. The molecule has 3 rings (SSSR count). The van der Waals surface area contributed by atoms with Crippen LogP contribution >= 0.6 is 0 Å². The summed E-state index contributed by atoms with van der Waals surface area (Å²) in [6.45, 7) is 8.15. The zero-order valence-electron chi connectivity index (χ0n) is 12.8. The molecule has 4 nitrogen and oxygen atoms in total. The first-order chi connectivity index (χ1) is 10.1. The second-order valence-corrected chi connectivity index (χ2v) is 5.92. The SMILES string of the molecule is CCC(c1nc2ccc(F)cc2[nH]1)N1CC(C)OC(C)C1. The minimum absolute atomic E-state index is 0.217. The van der Waals surface area contributed by atoms with E-state index in [-0.39, 0.29) is 24.1 Å². The van der Waals surface area contributed by atoms with E-state index in [2.05, 4.69) is 35.6 Å². The Labute approximate surface area is 124 Å². The van der Waals surface area contributed by atoms with E-state index in [1.54, 1.807) is 6.07 Å². The zero-order chi connectivity index (χ0) is 15.0. The Bertz CT molecular complexity index is 617. The minimum atomic E-state index is -0.237. The molecule has 3 atom stereocenters. The lowest BCUT2D eigenvalue weighted by molar-refractivity contribution is -0.0822. The Kier molecular flexibility index (Phi) is 3.95. The molecule has 0 saturated carbocycles. The van der Waals surface area contributed by atoms with Gasteiger partial charge in [-0.05, 0) is 38.5 Å². The predicted octanol–water partition coefficient (Wildman–Crippen LogP) is 3.26. The summed E-state index contributed by atoms with van der Waals surface area (Å²) in [6.07, 6.45) is 1.41. The lowest BCUT2D eigenvalue weighted by atomic mass is 10.1. The number of hydrogen-bond acceptors (Lipinski definition) is 3. The maximum Gasteiger partial charge on any atom is 0.125 e. The van der Waals surface area contributed by atoms with Crippen molar-refractivity contribution in [2.75, 3.05) is 13.1 Å². The average molecular weight is 291 g/mol. The highest BCUT2D eigenvalue weighted by Crippen LogP contribution is 2.27. The summed E-state index contributed by atoms with van der Waals surface area (Å²) in [5.41, 5.74) is 1.58. The van der Waals surface area contributed by atoms with Crippen molar-refractivity contribution in [3.63, 3.8) is 0 Å². The van der Waals surface area contributed by atoms with Crippen LogP contribution in [0.25, 0.3) is 11.0 Å². The van der Waals surface area contributed by atoms with Gasteiger partial charge in [-0.15, -0.1) is 0 Å². The number of rotatable bonds is 3. The van der Waals surface area contributed by atoms with Gasteiger partial charge in [-0.25, -0.2) is 9.37 Å². The van der Waals surface area contributed by atoms with Crippen LogP contribution in [-0.2, 0) is 4.74 Å². The minimum Gasteiger partial charge on any atom is -0.373 e. The summed E-state index contributed by atoms with van der Waals surface area (Å²) in [4.78, 5) is 10.3. The first-order valence-electron chi connectivity index (χ1n) is 7.61. The molecule has 114 valence electrons. The number of morpholine rings is 1. The lowest BCUT2D eigenvalue weighted by Crippen LogP contribution is -2.47. The van der Waals surface area contributed by atoms with Crippen molar-refractivity contribution in [2.24, 2.45) is 0 Å². The van der Waals surface area contributed by atoms with Gasteiger partial charge < -0.3 is 9.72 Å². The number of nitrogens with one attached hydrogen (secondary N) is 1. The van der Waals surface area contributed by atoms with E-state index in [4.69, 9.17) is 4.74 Å². The van der Waals surface area contributed by atoms with Gasteiger partial charge in [0.15, 0.2) is 0 Å². The molecule has 1 aliphatic heterocycles. The van der Waals surface area contributed by atoms with E-state index in [0.29, 0.717) is 0 Å². The normalized spacial score (nSPS) is 25.3. The number of halogens is 1. The molecule has 5 heteroatoms. The highest BCUT2D eigenvalue weighted by atomic mass is 19.1. The van der Waals surface area contributed by atoms with Gasteiger partial charge in [0.05, 0.1) is 29.3 Å². The number of nitrogens with zero attached hydrogens (tertiary/aromatic N) is 2. The fourth-order valence-corrected chi connectivity index (χ4v) is 3.26. The first-order valence-corrected chi connectivity index (χ1v) is 7.61. The molecule has 1 saturated heterocycles. The second-order valence-electron chi connectivity index (χ2n) is 5.92. The number of hydrogen-bond donors (Lipinski definition) is 1. The molecule has 1 aliphatic rings. The molecule has 21 heavy (non-hydrogen) atoms. The Balaban J connectivity index is 1.90.